The number of rotatable bonds is 6. The lowest BCUT2D eigenvalue weighted by molar-refractivity contribution is -0.136. The zero-order valence-electron chi connectivity index (χ0n) is 13.9. The fourth-order valence-corrected chi connectivity index (χ4v) is 3.36. The van der Waals surface area contributed by atoms with Crippen LogP contribution in [0.1, 0.15) is 45.4 Å². The maximum absolute atomic E-state index is 12.4. The summed E-state index contributed by atoms with van der Waals surface area (Å²) in [5.74, 6) is 0.646. The summed E-state index contributed by atoms with van der Waals surface area (Å²) in [6.07, 6.45) is 6.51. The average molecular weight is 307 g/mol. The Kier molecular flexibility index (Phi) is 4.71. The number of likely N-dealkylation sites (N-methyl/N-ethyl adjacent to an activating group) is 1. The van der Waals surface area contributed by atoms with Crippen LogP contribution in [0.4, 0.5) is 0 Å². The molecule has 0 unspecified atom stereocenters. The fraction of sp³-hybridized carbons (Fsp3) is 0.882. The second kappa shape index (κ2) is 6.57. The monoisotopic (exact) mass is 307 g/mol. The molecule has 3 rings (SSSR count). The Labute approximate surface area is 133 Å². The first-order chi connectivity index (χ1) is 10.6. The Morgan fingerprint density at radius 3 is 2.55 bits per heavy atom. The van der Waals surface area contributed by atoms with Gasteiger partial charge in [-0.1, -0.05) is 0 Å². The molecule has 1 N–H and O–H groups in total. The van der Waals surface area contributed by atoms with E-state index in [1.165, 1.54) is 12.8 Å². The second-order valence-corrected chi connectivity index (χ2v) is 7.39. The third-order valence-electron chi connectivity index (χ3n) is 5.42. The highest BCUT2D eigenvalue weighted by molar-refractivity contribution is 5.83. The summed E-state index contributed by atoms with van der Waals surface area (Å²) >= 11 is 0. The van der Waals surface area contributed by atoms with Gasteiger partial charge >= 0.3 is 0 Å². The molecule has 2 aliphatic carbocycles. The summed E-state index contributed by atoms with van der Waals surface area (Å²) in [4.78, 5) is 28.8. The summed E-state index contributed by atoms with van der Waals surface area (Å²) in [7, 11) is 2.14. The van der Waals surface area contributed by atoms with Gasteiger partial charge < -0.3 is 10.2 Å². The van der Waals surface area contributed by atoms with Crippen molar-refractivity contribution in [2.24, 2.45) is 11.8 Å². The molecule has 0 aromatic carbocycles. The molecule has 5 nitrogen and oxygen atoms in total. The summed E-state index contributed by atoms with van der Waals surface area (Å²) in [5, 5.41) is 3.10. The maximum atomic E-state index is 12.4. The number of amides is 2. The van der Waals surface area contributed by atoms with Gasteiger partial charge in [-0.25, -0.2) is 0 Å². The molecule has 2 saturated carbocycles. The van der Waals surface area contributed by atoms with Crippen LogP contribution in [-0.4, -0.2) is 60.4 Å². The fourth-order valence-electron chi connectivity index (χ4n) is 3.36. The number of hydrogen-bond donors (Lipinski definition) is 1. The van der Waals surface area contributed by atoms with Crippen LogP contribution in [0.25, 0.3) is 0 Å². The van der Waals surface area contributed by atoms with Crippen LogP contribution < -0.4 is 5.32 Å². The van der Waals surface area contributed by atoms with Gasteiger partial charge in [0, 0.05) is 37.6 Å². The van der Waals surface area contributed by atoms with Crippen molar-refractivity contribution in [3.63, 3.8) is 0 Å². The van der Waals surface area contributed by atoms with Crippen LogP contribution in [-0.2, 0) is 9.59 Å². The van der Waals surface area contributed by atoms with Crippen molar-refractivity contribution in [2.75, 3.05) is 26.7 Å². The van der Waals surface area contributed by atoms with E-state index in [0.29, 0.717) is 25.2 Å². The first-order valence-electron chi connectivity index (χ1n) is 8.84. The Hall–Kier alpha value is -1.10. The molecule has 1 saturated heterocycles. The first kappa shape index (κ1) is 15.8. The van der Waals surface area contributed by atoms with Crippen molar-refractivity contribution in [3.05, 3.63) is 0 Å². The molecule has 2 atom stereocenters. The minimum absolute atomic E-state index is 0.0186. The van der Waals surface area contributed by atoms with Gasteiger partial charge in [0.15, 0.2) is 0 Å². The number of carbonyl (C=O) groups is 2. The van der Waals surface area contributed by atoms with E-state index in [-0.39, 0.29) is 23.7 Å². The van der Waals surface area contributed by atoms with Crippen LogP contribution in [0.5, 0.6) is 0 Å². The first-order valence-corrected chi connectivity index (χ1v) is 8.84. The lowest BCUT2D eigenvalue weighted by Gasteiger charge is -2.33. The van der Waals surface area contributed by atoms with Crippen molar-refractivity contribution in [1.82, 2.24) is 15.1 Å². The number of nitrogens with zero attached hydrogens (tertiary/aromatic N) is 2. The molecule has 124 valence electrons. The van der Waals surface area contributed by atoms with Crippen molar-refractivity contribution in [2.45, 2.75) is 57.5 Å². The minimum Gasteiger partial charge on any atom is -0.354 e. The van der Waals surface area contributed by atoms with Gasteiger partial charge in [-0.15, -0.1) is 0 Å². The predicted molar refractivity (Wildman–Crippen MR) is 85.3 cm³/mol. The second-order valence-electron chi connectivity index (χ2n) is 7.39. The molecule has 0 aromatic rings. The average Bonchev–Trinajstić information content (AvgIpc) is 3.42. The molecule has 0 bridgehead atoms. The third kappa shape index (κ3) is 3.80. The number of likely N-dealkylation sites (tertiary alicyclic amines) is 1. The smallest absolute Gasteiger partial charge is 0.225 e. The molecule has 3 fully saturated rings. The van der Waals surface area contributed by atoms with Crippen LogP contribution in [0.2, 0.25) is 0 Å². The Morgan fingerprint density at radius 2 is 1.91 bits per heavy atom. The van der Waals surface area contributed by atoms with Gasteiger partial charge in [0.05, 0.1) is 5.92 Å². The number of piperidine rings is 1. The van der Waals surface area contributed by atoms with Gasteiger partial charge in [-0.3, -0.25) is 14.5 Å². The van der Waals surface area contributed by atoms with E-state index in [9.17, 15) is 9.59 Å². The van der Waals surface area contributed by atoms with E-state index in [0.717, 1.165) is 32.2 Å². The van der Waals surface area contributed by atoms with Crippen LogP contribution in [0.3, 0.4) is 0 Å². The highest BCUT2D eigenvalue weighted by atomic mass is 16.2. The van der Waals surface area contributed by atoms with Crippen LogP contribution in [0.15, 0.2) is 0 Å². The number of nitrogens with one attached hydrogen (secondary N) is 1. The molecular weight excluding hydrogens is 278 g/mol. The molecule has 5 heteroatoms. The molecule has 3 aliphatic rings. The van der Waals surface area contributed by atoms with Crippen LogP contribution in [0, 0.1) is 11.8 Å². The van der Waals surface area contributed by atoms with Gasteiger partial charge in [-0.2, -0.15) is 0 Å². The van der Waals surface area contributed by atoms with E-state index in [4.69, 9.17) is 0 Å². The van der Waals surface area contributed by atoms with E-state index in [2.05, 4.69) is 24.2 Å². The third-order valence-corrected chi connectivity index (χ3v) is 5.42. The number of hydrogen-bond acceptors (Lipinski definition) is 3. The largest absolute Gasteiger partial charge is 0.354 e. The SMILES string of the molecule is C[C@H](CNC(=O)[C@H]1CCCN(C(=O)C2CC2)C1)N(C)C1CC1. The summed E-state index contributed by atoms with van der Waals surface area (Å²) in [6.45, 7) is 4.33. The molecule has 0 aromatic heterocycles. The quantitative estimate of drug-likeness (QED) is 0.803. The summed E-state index contributed by atoms with van der Waals surface area (Å²) in [6, 6.07) is 1.09. The van der Waals surface area contributed by atoms with E-state index in [1.54, 1.807) is 0 Å². The Morgan fingerprint density at radius 1 is 1.18 bits per heavy atom. The van der Waals surface area contributed by atoms with Gasteiger partial charge in [-0.05, 0) is 52.5 Å². The maximum Gasteiger partial charge on any atom is 0.225 e. The van der Waals surface area contributed by atoms with E-state index in [1.807, 2.05) is 4.90 Å². The van der Waals surface area contributed by atoms with E-state index < -0.39 is 0 Å². The molecular formula is C17H29N3O2. The highest BCUT2D eigenvalue weighted by Gasteiger charge is 2.37. The molecule has 0 spiro atoms. The van der Waals surface area contributed by atoms with E-state index >= 15 is 0 Å². The molecule has 1 aliphatic heterocycles. The van der Waals surface area contributed by atoms with Crippen molar-refractivity contribution < 1.29 is 9.59 Å². The topological polar surface area (TPSA) is 52.7 Å². The van der Waals surface area contributed by atoms with Crippen molar-refractivity contribution in [3.8, 4) is 0 Å². The lowest BCUT2D eigenvalue weighted by Crippen LogP contribution is -2.48. The van der Waals surface area contributed by atoms with Gasteiger partial charge in [0.2, 0.25) is 11.8 Å². The predicted octanol–water partition coefficient (Wildman–Crippen LogP) is 1.23. The molecule has 22 heavy (non-hydrogen) atoms. The lowest BCUT2D eigenvalue weighted by atomic mass is 9.96. The molecule has 1 heterocycles. The zero-order chi connectivity index (χ0) is 15.7. The minimum atomic E-state index is -0.0186. The normalized spacial score (nSPS) is 26.9. The molecule has 0 radical (unpaired) electrons. The highest BCUT2D eigenvalue weighted by Crippen LogP contribution is 2.32. The standard InChI is InChI=1S/C17H29N3O2/c1-12(19(2)15-7-8-15)10-18-16(21)14-4-3-9-20(11-14)17(22)13-5-6-13/h12-15H,3-11H2,1-2H3,(H,18,21)/t12-,14+/m1/s1. The van der Waals surface area contributed by atoms with Gasteiger partial charge in [0.25, 0.3) is 0 Å². The van der Waals surface area contributed by atoms with Crippen molar-refractivity contribution in [1.29, 1.82) is 0 Å². The zero-order valence-corrected chi connectivity index (χ0v) is 13.9. The Balaban J connectivity index is 1.43. The number of carbonyl (C=O) groups excluding carboxylic acids is 2. The van der Waals surface area contributed by atoms with Crippen molar-refractivity contribution >= 4 is 11.8 Å². The Bertz CT molecular complexity index is 432. The van der Waals surface area contributed by atoms with Crippen LogP contribution >= 0.6 is 0 Å². The molecule has 2 amide bonds. The van der Waals surface area contributed by atoms with Gasteiger partial charge in [0.1, 0.15) is 0 Å². The summed E-state index contributed by atoms with van der Waals surface area (Å²) < 4.78 is 0. The summed E-state index contributed by atoms with van der Waals surface area (Å²) in [5.41, 5.74) is 0.